The highest BCUT2D eigenvalue weighted by atomic mass is 35.5. The van der Waals surface area contributed by atoms with E-state index in [4.69, 9.17) is 16.0 Å². The molecule has 3 aromatic rings. The molecule has 1 aliphatic rings. The lowest BCUT2D eigenvalue weighted by Gasteiger charge is -2.13. The molecule has 1 fully saturated rings. The molecule has 2 aromatic carbocycles. The molecule has 164 valence electrons. The normalized spacial score (nSPS) is 14.5. The molecule has 1 N–H and O–H groups in total. The summed E-state index contributed by atoms with van der Waals surface area (Å²) in [6, 6.07) is 8.87. The van der Waals surface area contributed by atoms with Crippen LogP contribution in [0.2, 0.25) is 5.02 Å². The van der Waals surface area contributed by atoms with Crippen molar-refractivity contribution in [1.29, 1.82) is 0 Å². The van der Waals surface area contributed by atoms with Crippen molar-refractivity contribution in [3.63, 3.8) is 0 Å². The van der Waals surface area contributed by atoms with Gasteiger partial charge in [-0.1, -0.05) is 23.7 Å². The number of carbonyl (C=O) groups is 1. The standard InChI is InChI=1S/C23H25ClN2O4S/c1-14-12-19-16(3)20(23(27)26-10-4-5-11-26)30-21(19)22(15(14)2)31(28,29)25-13-17-6-8-18(24)9-7-17/h6-9,12,25H,4-5,10-11,13H2,1-3H3. The average Bonchev–Trinajstić information content (AvgIpc) is 3.37. The summed E-state index contributed by atoms with van der Waals surface area (Å²) in [7, 11) is -3.90. The van der Waals surface area contributed by atoms with Gasteiger partial charge in [0.1, 0.15) is 4.90 Å². The monoisotopic (exact) mass is 460 g/mol. The van der Waals surface area contributed by atoms with Crippen LogP contribution in [0.1, 0.15) is 45.7 Å². The first kappa shape index (κ1) is 21.9. The van der Waals surface area contributed by atoms with E-state index in [1.54, 1.807) is 43.0 Å². The highest BCUT2D eigenvalue weighted by molar-refractivity contribution is 7.89. The zero-order valence-corrected chi connectivity index (χ0v) is 19.4. The topological polar surface area (TPSA) is 79.6 Å². The maximum absolute atomic E-state index is 13.3. The fourth-order valence-corrected chi connectivity index (χ4v) is 5.57. The zero-order valence-electron chi connectivity index (χ0n) is 17.8. The molecule has 0 aliphatic carbocycles. The lowest BCUT2D eigenvalue weighted by molar-refractivity contribution is 0.0762. The van der Waals surface area contributed by atoms with E-state index in [1.807, 2.05) is 13.0 Å². The summed E-state index contributed by atoms with van der Waals surface area (Å²) >= 11 is 5.91. The molecule has 0 bridgehead atoms. The van der Waals surface area contributed by atoms with Crippen molar-refractivity contribution in [3.8, 4) is 0 Å². The Kier molecular flexibility index (Phi) is 5.85. The van der Waals surface area contributed by atoms with Crippen LogP contribution in [-0.4, -0.2) is 32.3 Å². The smallest absolute Gasteiger partial charge is 0.289 e. The summed E-state index contributed by atoms with van der Waals surface area (Å²) in [5, 5.41) is 1.24. The van der Waals surface area contributed by atoms with Gasteiger partial charge >= 0.3 is 0 Å². The molecule has 0 radical (unpaired) electrons. The summed E-state index contributed by atoms with van der Waals surface area (Å²) in [5.74, 6) is 0.0371. The molecule has 0 unspecified atom stereocenters. The molecule has 1 saturated heterocycles. The Morgan fingerprint density at radius 1 is 1.10 bits per heavy atom. The van der Waals surface area contributed by atoms with Crippen molar-refractivity contribution in [2.45, 2.75) is 45.1 Å². The van der Waals surface area contributed by atoms with Crippen LogP contribution in [0.15, 0.2) is 39.6 Å². The van der Waals surface area contributed by atoms with Crippen molar-refractivity contribution in [3.05, 3.63) is 63.4 Å². The lowest BCUT2D eigenvalue weighted by Crippen LogP contribution is -2.27. The molecule has 1 aliphatic heterocycles. The Morgan fingerprint density at radius 3 is 2.39 bits per heavy atom. The number of furan rings is 1. The predicted molar refractivity (Wildman–Crippen MR) is 121 cm³/mol. The molecule has 8 heteroatoms. The van der Waals surface area contributed by atoms with Crippen LogP contribution in [-0.2, 0) is 16.6 Å². The summed E-state index contributed by atoms with van der Waals surface area (Å²) in [6.07, 6.45) is 1.94. The average molecular weight is 461 g/mol. The SMILES string of the molecule is Cc1cc2c(C)c(C(=O)N3CCCC3)oc2c(S(=O)(=O)NCc2ccc(Cl)cc2)c1C. The first-order valence-electron chi connectivity index (χ1n) is 10.3. The van der Waals surface area contributed by atoms with Gasteiger partial charge in [-0.2, -0.15) is 0 Å². The van der Waals surface area contributed by atoms with E-state index in [-0.39, 0.29) is 28.7 Å². The molecule has 4 rings (SSSR count). The number of rotatable bonds is 5. The van der Waals surface area contributed by atoms with E-state index in [0.29, 0.717) is 34.6 Å². The van der Waals surface area contributed by atoms with Crippen LogP contribution in [0.3, 0.4) is 0 Å². The summed E-state index contributed by atoms with van der Waals surface area (Å²) < 4.78 is 35.3. The summed E-state index contributed by atoms with van der Waals surface area (Å²) in [6.45, 7) is 6.93. The highest BCUT2D eigenvalue weighted by Gasteiger charge is 2.30. The minimum absolute atomic E-state index is 0.0834. The van der Waals surface area contributed by atoms with Crippen LogP contribution in [0.5, 0.6) is 0 Å². The van der Waals surface area contributed by atoms with Crippen molar-refractivity contribution in [2.24, 2.45) is 0 Å². The Morgan fingerprint density at radius 2 is 1.74 bits per heavy atom. The Bertz CT molecular complexity index is 1260. The first-order chi connectivity index (χ1) is 14.7. The maximum Gasteiger partial charge on any atom is 0.289 e. The van der Waals surface area contributed by atoms with E-state index in [0.717, 1.165) is 24.0 Å². The number of benzene rings is 2. The fraction of sp³-hybridized carbons (Fsp3) is 0.348. The molecule has 31 heavy (non-hydrogen) atoms. The van der Waals surface area contributed by atoms with Crippen LogP contribution in [0.4, 0.5) is 0 Å². The van der Waals surface area contributed by atoms with Crippen LogP contribution in [0.25, 0.3) is 11.0 Å². The number of amides is 1. The first-order valence-corrected chi connectivity index (χ1v) is 12.1. The van der Waals surface area contributed by atoms with Gasteiger partial charge in [0.15, 0.2) is 11.3 Å². The number of nitrogens with one attached hydrogen (secondary N) is 1. The van der Waals surface area contributed by atoms with Crippen molar-refractivity contribution < 1.29 is 17.6 Å². The van der Waals surface area contributed by atoms with Gasteiger partial charge in [-0.15, -0.1) is 0 Å². The zero-order chi connectivity index (χ0) is 22.3. The van der Waals surface area contributed by atoms with Gasteiger partial charge < -0.3 is 9.32 Å². The lowest BCUT2D eigenvalue weighted by atomic mass is 10.0. The number of aryl methyl sites for hydroxylation is 2. The molecular formula is C23H25ClN2O4S. The molecule has 0 spiro atoms. The van der Waals surface area contributed by atoms with Gasteiger partial charge in [0.25, 0.3) is 5.91 Å². The van der Waals surface area contributed by atoms with E-state index in [9.17, 15) is 13.2 Å². The number of sulfonamides is 1. The van der Waals surface area contributed by atoms with Gasteiger partial charge in [-0.3, -0.25) is 4.79 Å². The number of likely N-dealkylation sites (tertiary alicyclic amines) is 1. The van der Waals surface area contributed by atoms with E-state index in [1.165, 1.54) is 0 Å². The van der Waals surface area contributed by atoms with Crippen molar-refractivity contribution >= 4 is 38.5 Å². The second-order valence-corrected chi connectivity index (χ2v) is 10.2. The Balaban J connectivity index is 1.76. The van der Waals surface area contributed by atoms with Gasteiger partial charge in [-0.25, -0.2) is 13.1 Å². The van der Waals surface area contributed by atoms with E-state index >= 15 is 0 Å². The molecule has 0 atom stereocenters. The second-order valence-electron chi connectivity index (χ2n) is 8.03. The number of hydrogen-bond donors (Lipinski definition) is 1. The van der Waals surface area contributed by atoms with Gasteiger partial charge in [0.05, 0.1) is 0 Å². The predicted octanol–water partition coefficient (Wildman–Crippen LogP) is 4.73. The number of carbonyl (C=O) groups excluding carboxylic acids is 1. The van der Waals surface area contributed by atoms with E-state index in [2.05, 4.69) is 4.72 Å². The molecule has 6 nitrogen and oxygen atoms in total. The number of halogens is 1. The number of fused-ring (bicyclic) bond motifs is 1. The molecule has 2 heterocycles. The minimum atomic E-state index is -3.90. The van der Waals surface area contributed by atoms with Crippen LogP contribution < -0.4 is 4.72 Å². The molecule has 1 aromatic heterocycles. The quantitative estimate of drug-likeness (QED) is 0.597. The third kappa shape index (κ3) is 4.10. The van der Waals surface area contributed by atoms with E-state index < -0.39 is 10.0 Å². The molecular weight excluding hydrogens is 436 g/mol. The fourth-order valence-electron chi connectivity index (χ4n) is 3.99. The van der Waals surface area contributed by atoms with Crippen molar-refractivity contribution in [1.82, 2.24) is 9.62 Å². The Labute approximate surface area is 187 Å². The van der Waals surface area contributed by atoms with Gasteiger partial charge in [0, 0.05) is 35.6 Å². The third-order valence-electron chi connectivity index (χ3n) is 5.93. The van der Waals surface area contributed by atoms with Gasteiger partial charge in [0.2, 0.25) is 10.0 Å². The Hall–Kier alpha value is -2.35. The minimum Gasteiger partial charge on any atom is -0.449 e. The molecule has 0 saturated carbocycles. The summed E-state index contributed by atoms with van der Waals surface area (Å²) in [4.78, 5) is 14.8. The van der Waals surface area contributed by atoms with Crippen LogP contribution in [0, 0.1) is 20.8 Å². The number of nitrogens with zero attached hydrogens (tertiary/aromatic N) is 1. The van der Waals surface area contributed by atoms with Crippen LogP contribution >= 0.6 is 11.6 Å². The largest absolute Gasteiger partial charge is 0.449 e. The third-order valence-corrected chi connectivity index (χ3v) is 7.73. The maximum atomic E-state index is 13.3. The number of hydrogen-bond acceptors (Lipinski definition) is 4. The summed E-state index contributed by atoms with van der Waals surface area (Å²) in [5.41, 5.74) is 3.11. The second kappa shape index (κ2) is 8.30. The van der Waals surface area contributed by atoms with Crippen molar-refractivity contribution in [2.75, 3.05) is 13.1 Å². The highest BCUT2D eigenvalue weighted by Crippen LogP contribution is 2.35. The van der Waals surface area contributed by atoms with Gasteiger partial charge in [-0.05, 0) is 68.5 Å². The molecule has 1 amide bonds.